The first-order chi connectivity index (χ1) is 24.2. The van der Waals surface area contributed by atoms with E-state index in [-0.39, 0.29) is 0 Å². The number of aryl methyl sites for hydroxylation is 1. The third-order valence-electron chi connectivity index (χ3n) is 10.0. The standard InChI is InChI=1S/C22H23.C22H25.C2H6Si.2ClH.Zr/c1-16-14-20-8-5-9-21(22(20)15-16)19-12-10-18(11-13-19)17-6-3-2-4-7-17;1-5-16(4)20-13-19-7-6-8-21(22(19)14-20)18-11-9-17(10-12-18)15(2)3;1-3-2;;;/h5,8-15,17H,2-4,6-7H2,1H3;6-16H,5H2,1-4H3;1-2H3;2*1H;/q2*-1;;;;+4/p-2. The minimum atomic E-state index is -0.826. The van der Waals surface area contributed by atoms with Gasteiger partial charge in [-0.3, -0.25) is 0 Å². The van der Waals surface area contributed by atoms with E-state index in [1.54, 1.807) is 0 Å². The van der Waals surface area contributed by atoms with Crippen molar-refractivity contribution in [1.29, 1.82) is 0 Å². The molecule has 0 N–H and O–H groups in total. The van der Waals surface area contributed by atoms with Crippen LogP contribution in [0.15, 0.2) is 109 Å². The van der Waals surface area contributed by atoms with E-state index in [9.17, 15) is 0 Å². The van der Waals surface area contributed by atoms with E-state index in [0.29, 0.717) is 11.8 Å². The molecule has 0 heterocycles. The van der Waals surface area contributed by atoms with Crippen LogP contribution in [0.25, 0.3) is 43.8 Å². The summed E-state index contributed by atoms with van der Waals surface area (Å²) in [5.74, 6) is 2.00. The molecule has 1 atom stereocenters. The molecule has 0 amide bonds. The molecule has 6 aromatic carbocycles. The monoisotopic (exact) mass is 794 g/mol. The second-order valence-electron chi connectivity index (χ2n) is 14.1. The Hall–Kier alpha value is -2.22. The Labute approximate surface area is 324 Å². The SMILES string of the molecule is CCC(C)c1cc2c(-c3ccc(C(C)C)cc3)cccc2[cH-]1.C[Si]C.Cc1cc2c(-c3ccc(C4CCCCC4)cc3)cccc2[cH-]1.[Cl][Zr+2][Cl]. The van der Waals surface area contributed by atoms with Crippen molar-refractivity contribution in [3.05, 3.63) is 131 Å². The Balaban J connectivity index is 0.000000195. The first-order valence-corrected chi connectivity index (χ1v) is 26.7. The zero-order valence-corrected chi connectivity index (χ0v) is 36.1. The summed E-state index contributed by atoms with van der Waals surface area (Å²) < 4.78 is 0. The summed E-state index contributed by atoms with van der Waals surface area (Å²) >= 11 is -0.826. The second kappa shape index (κ2) is 20.7. The van der Waals surface area contributed by atoms with Crippen LogP contribution in [0.3, 0.4) is 0 Å². The Morgan fingerprint density at radius 3 is 1.74 bits per heavy atom. The summed E-state index contributed by atoms with van der Waals surface area (Å²) in [5.41, 5.74) is 11.1. The Morgan fingerprint density at radius 1 is 0.720 bits per heavy atom. The predicted octanol–water partition coefficient (Wildman–Crippen LogP) is 15.6. The van der Waals surface area contributed by atoms with Crippen LogP contribution in [0.4, 0.5) is 0 Å². The van der Waals surface area contributed by atoms with Gasteiger partial charge in [-0.1, -0.05) is 145 Å². The van der Waals surface area contributed by atoms with Gasteiger partial charge >= 0.3 is 37.9 Å². The van der Waals surface area contributed by atoms with Gasteiger partial charge < -0.3 is 0 Å². The van der Waals surface area contributed by atoms with Gasteiger partial charge in [0.2, 0.25) is 0 Å². The predicted molar refractivity (Wildman–Crippen MR) is 222 cm³/mol. The first-order valence-electron chi connectivity index (χ1n) is 18.3. The molecule has 0 bridgehead atoms. The summed E-state index contributed by atoms with van der Waals surface area (Å²) in [6, 6.07) is 41.0. The fraction of sp³-hybridized carbons (Fsp3) is 0.348. The van der Waals surface area contributed by atoms with E-state index >= 15 is 0 Å². The van der Waals surface area contributed by atoms with Crippen LogP contribution in [0.2, 0.25) is 13.1 Å². The Kier molecular flexibility index (Phi) is 16.8. The Bertz CT molecular complexity index is 1860. The molecule has 1 fully saturated rings. The van der Waals surface area contributed by atoms with Crippen LogP contribution in [-0.4, -0.2) is 9.52 Å². The van der Waals surface area contributed by atoms with Crippen LogP contribution in [0.5, 0.6) is 0 Å². The van der Waals surface area contributed by atoms with Crippen molar-refractivity contribution in [3.63, 3.8) is 0 Å². The second-order valence-corrected chi connectivity index (χ2v) is 18.8. The molecule has 0 spiro atoms. The van der Waals surface area contributed by atoms with Crippen LogP contribution >= 0.6 is 17.0 Å². The maximum absolute atomic E-state index is 4.93. The zero-order valence-electron chi connectivity index (χ0n) is 31.1. The number of benzene rings is 4. The molecule has 50 heavy (non-hydrogen) atoms. The molecule has 6 aromatic rings. The third-order valence-corrected chi connectivity index (χ3v) is 10.0. The van der Waals surface area contributed by atoms with Crippen molar-refractivity contribution in [2.24, 2.45) is 0 Å². The minimum absolute atomic E-state index is 0.584. The first kappa shape index (κ1) is 40.5. The van der Waals surface area contributed by atoms with E-state index in [1.807, 2.05) is 0 Å². The number of halogens is 2. The number of rotatable bonds is 6. The third kappa shape index (κ3) is 10.9. The van der Waals surface area contributed by atoms with Gasteiger partial charge in [-0.2, -0.15) is 12.1 Å². The van der Waals surface area contributed by atoms with Gasteiger partial charge in [-0.25, -0.2) is 0 Å². The summed E-state index contributed by atoms with van der Waals surface area (Å²) in [6.07, 6.45) is 8.16. The number of fused-ring (bicyclic) bond motifs is 2. The quantitative estimate of drug-likeness (QED) is 0.116. The van der Waals surface area contributed by atoms with E-state index < -0.39 is 20.8 Å². The van der Waals surface area contributed by atoms with Crippen molar-refractivity contribution in [3.8, 4) is 22.3 Å². The molecule has 1 aliphatic rings. The molecule has 0 aromatic heterocycles. The van der Waals surface area contributed by atoms with Crippen LogP contribution in [-0.2, 0) is 20.8 Å². The van der Waals surface area contributed by atoms with Gasteiger partial charge in [0, 0.05) is 9.52 Å². The molecule has 0 nitrogen and oxygen atoms in total. The van der Waals surface area contributed by atoms with Gasteiger partial charge in [-0.15, -0.1) is 69.1 Å². The molecule has 260 valence electrons. The van der Waals surface area contributed by atoms with Gasteiger partial charge in [0.05, 0.1) is 0 Å². The molecule has 7 rings (SSSR count). The van der Waals surface area contributed by atoms with Gasteiger partial charge in [0.25, 0.3) is 0 Å². The van der Waals surface area contributed by atoms with Crippen LogP contribution in [0, 0.1) is 6.92 Å². The molecule has 2 radical (unpaired) electrons. The summed E-state index contributed by atoms with van der Waals surface area (Å²) in [7, 11) is 11.0. The zero-order chi connectivity index (χ0) is 36.0. The van der Waals surface area contributed by atoms with Crippen molar-refractivity contribution < 1.29 is 20.8 Å². The summed E-state index contributed by atoms with van der Waals surface area (Å²) in [6.45, 7) is 15.5. The van der Waals surface area contributed by atoms with E-state index in [0.717, 1.165) is 15.4 Å². The fourth-order valence-electron chi connectivity index (χ4n) is 7.08. The average molecular weight is 797 g/mol. The molecular formula is C46H54Cl2SiZr. The van der Waals surface area contributed by atoms with Crippen molar-refractivity contribution in [1.82, 2.24) is 0 Å². The molecule has 1 unspecified atom stereocenters. The fourth-order valence-corrected chi connectivity index (χ4v) is 7.08. The van der Waals surface area contributed by atoms with E-state index in [2.05, 4.69) is 157 Å². The molecule has 1 saturated carbocycles. The summed E-state index contributed by atoms with van der Waals surface area (Å²) in [5, 5.41) is 5.48. The maximum atomic E-state index is 4.93. The van der Waals surface area contributed by atoms with Crippen molar-refractivity contribution in [2.75, 3.05) is 0 Å². The number of hydrogen-bond donors (Lipinski definition) is 0. The van der Waals surface area contributed by atoms with Crippen LogP contribution in [0.1, 0.15) is 106 Å². The molecule has 4 heteroatoms. The topological polar surface area (TPSA) is 0 Å². The molecule has 0 aliphatic heterocycles. The Morgan fingerprint density at radius 2 is 1.22 bits per heavy atom. The van der Waals surface area contributed by atoms with Crippen LogP contribution < -0.4 is 0 Å². The van der Waals surface area contributed by atoms with E-state index in [4.69, 9.17) is 17.0 Å². The van der Waals surface area contributed by atoms with Crippen molar-refractivity contribution in [2.45, 2.75) is 104 Å². The van der Waals surface area contributed by atoms with Gasteiger partial charge in [-0.05, 0) is 52.8 Å². The average Bonchev–Trinajstić information content (AvgIpc) is 3.76. The normalized spacial score (nSPS) is 13.4. The van der Waals surface area contributed by atoms with Crippen molar-refractivity contribution >= 4 is 48.1 Å². The summed E-state index contributed by atoms with van der Waals surface area (Å²) in [4.78, 5) is 0. The molecule has 1 aliphatic carbocycles. The number of hydrogen-bond acceptors (Lipinski definition) is 0. The van der Waals surface area contributed by atoms with Gasteiger partial charge in [0.1, 0.15) is 0 Å². The van der Waals surface area contributed by atoms with E-state index in [1.165, 1.54) is 105 Å². The molecular weight excluding hydrogens is 743 g/mol. The van der Waals surface area contributed by atoms with Gasteiger partial charge in [0.15, 0.2) is 0 Å². The molecule has 0 saturated heterocycles.